The highest BCUT2D eigenvalue weighted by atomic mass is 16.5. The first-order valence-electron chi connectivity index (χ1n) is 9.52. The number of carbonyl (C=O) groups excluding carboxylic acids is 1. The van der Waals surface area contributed by atoms with Crippen molar-refractivity contribution in [2.45, 2.75) is 32.4 Å². The van der Waals surface area contributed by atoms with Gasteiger partial charge in [0.15, 0.2) is 0 Å². The van der Waals surface area contributed by atoms with E-state index in [1.165, 1.54) is 0 Å². The fourth-order valence-electron chi connectivity index (χ4n) is 3.57. The van der Waals surface area contributed by atoms with Gasteiger partial charge in [0.2, 0.25) is 0 Å². The molecule has 0 bridgehead atoms. The van der Waals surface area contributed by atoms with Crippen LogP contribution in [0.4, 0.5) is 5.69 Å². The summed E-state index contributed by atoms with van der Waals surface area (Å²) in [6.07, 6.45) is 1.69. The predicted octanol–water partition coefficient (Wildman–Crippen LogP) is 4.25. The van der Waals surface area contributed by atoms with Gasteiger partial charge in [-0.2, -0.15) is 0 Å². The van der Waals surface area contributed by atoms with Gasteiger partial charge in [-0.25, -0.2) is 0 Å². The van der Waals surface area contributed by atoms with E-state index in [9.17, 15) is 4.79 Å². The van der Waals surface area contributed by atoms with Crippen LogP contribution in [0.15, 0.2) is 48.5 Å². The molecule has 144 valence electrons. The summed E-state index contributed by atoms with van der Waals surface area (Å²) in [5.74, 6) is 0.825. The Kier molecular flexibility index (Phi) is 6.01. The van der Waals surface area contributed by atoms with Gasteiger partial charge in [-0.05, 0) is 38.0 Å². The number of ether oxygens (including phenoxy) is 2. The average Bonchev–Trinajstić information content (AvgIpc) is 2.69. The van der Waals surface area contributed by atoms with Crippen molar-refractivity contribution in [1.29, 1.82) is 0 Å². The molecule has 0 spiro atoms. The Morgan fingerprint density at radius 1 is 1.07 bits per heavy atom. The highest BCUT2D eigenvalue weighted by Gasteiger charge is 2.43. The van der Waals surface area contributed by atoms with Crippen molar-refractivity contribution in [3.05, 3.63) is 59.7 Å². The lowest BCUT2D eigenvalue weighted by atomic mass is 9.92. The summed E-state index contributed by atoms with van der Waals surface area (Å²) in [6.45, 7) is 5.96. The molecule has 0 aliphatic carbocycles. The van der Waals surface area contributed by atoms with Crippen molar-refractivity contribution in [3.63, 3.8) is 0 Å². The zero-order valence-corrected chi connectivity index (χ0v) is 16.3. The summed E-state index contributed by atoms with van der Waals surface area (Å²) >= 11 is 0. The second kappa shape index (κ2) is 8.44. The summed E-state index contributed by atoms with van der Waals surface area (Å²) < 4.78 is 11.2. The van der Waals surface area contributed by atoms with Crippen LogP contribution in [0.1, 0.15) is 42.6 Å². The lowest BCUT2D eigenvalue weighted by Crippen LogP contribution is -2.56. The van der Waals surface area contributed by atoms with E-state index in [-0.39, 0.29) is 5.91 Å². The van der Waals surface area contributed by atoms with Gasteiger partial charge >= 0.3 is 0 Å². The Balaban J connectivity index is 2.05. The van der Waals surface area contributed by atoms with Crippen LogP contribution >= 0.6 is 0 Å². The van der Waals surface area contributed by atoms with Crippen LogP contribution in [0.2, 0.25) is 0 Å². The Hall–Kier alpha value is -2.53. The number of hydrogen-bond acceptors (Lipinski definition) is 4. The van der Waals surface area contributed by atoms with Crippen molar-refractivity contribution < 1.29 is 14.3 Å². The van der Waals surface area contributed by atoms with Gasteiger partial charge in [0, 0.05) is 31.5 Å². The molecule has 1 aliphatic rings. The molecule has 0 aromatic heterocycles. The monoisotopic (exact) mass is 368 g/mol. The maximum absolute atomic E-state index is 13.3. The van der Waals surface area contributed by atoms with Crippen LogP contribution in [0.5, 0.6) is 5.75 Å². The largest absolute Gasteiger partial charge is 0.493 e. The number of nitrogens with zero attached hydrogens (tertiary/aromatic N) is 1. The van der Waals surface area contributed by atoms with Crippen molar-refractivity contribution in [2.75, 3.05) is 32.2 Å². The van der Waals surface area contributed by atoms with Crippen LogP contribution in [-0.4, -0.2) is 37.7 Å². The first-order chi connectivity index (χ1) is 13.1. The summed E-state index contributed by atoms with van der Waals surface area (Å²) in [5.41, 5.74) is 1.79. The van der Waals surface area contributed by atoms with Gasteiger partial charge in [0.05, 0.1) is 12.2 Å². The topological polar surface area (TPSA) is 50.8 Å². The number of rotatable bonds is 8. The molecule has 0 fully saturated rings. The zero-order valence-electron chi connectivity index (χ0n) is 16.3. The third-order valence-electron chi connectivity index (χ3n) is 4.92. The quantitative estimate of drug-likeness (QED) is 0.708. The van der Waals surface area contributed by atoms with Gasteiger partial charge < -0.3 is 19.7 Å². The minimum absolute atomic E-state index is 0.0215. The molecule has 5 nitrogen and oxygen atoms in total. The number of amides is 1. The van der Waals surface area contributed by atoms with Gasteiger partial charge in [0.25, 0.3) is 5.91 Å². The molecular weight excluding hydrogens is 340 g/mol. The molecule has 0 radical (unpaired) electrons. The number of fused-ring (bicyclic) bond motifs is 1. The van der Waals surface area contributed by atoms with E-state index in [0.717, 1.165) is 29.8 Å². The summed E-state index contributed by atoms with van der Waals surface area (Å²) in [6, 6.07) is 15.6. The fraction of sp³-hybridized carbons (Fsp3) is 0.409. The zero-order chi connectivity index (χ0) is 19.3. The molecule has 1 atom stereocenters. The van der Waals surface area contributed by atoms with Crippen LogP contribution in [0, 0.1) is 0 Å². The fourth-order valence-corrected chi connectivity index (χ4v) is 3.57. The number of methoxy groups -OCH3 is 1. The van der Waals surface area contributed by atoms with E-state index in [2.05, 4.69) is 12.2 Å². The average molecular weight is 368 g/mol. The molecule has 1 N–H and O–H groups in total. The van der Waals surface area contributed by atoms with Gasteiger partial charge in [-0.1, -0.05) is 37.3 Å². The lowest BCUT2D eigenvalue weighted by molar-refractivity contribution is 0.0498. The molecule has 5 heteroatoms. The lowest BCUT2D eigenvalue weighted by Gasteiger charge is -2.47. The number of benzene rings is 2. The molecule has 27 heavy (non-hydrogen) atoms. The summed E-state index contributed by atoms with van der Waals surface area (Å²) in [4.78, 5) is 15.2. The molecule has 2 aromatic carbocycles. The van der Waals surface area contributed by atoms with E-state index in [0.29, 0.717) is 25.3 Å². The van der Waals surface area contributed by atoms with Crippen LogP contribution < -0.4 is 10.1 Å². The second-order valence-electron chi connectivity index (χ2n) is 6.89. The Morgan fingerprint density at radius 3 is 2.59 bits per heavy atom. The van der Waals surface area contributed by atoms with Crippen LogP contribution in [-0.2, 0) is 10.4 Å². The van der Waals surface area contributed by atoms with Gasteiger partial charge in [0.1, 0.15) is 11.4 Å². The maximum atomic E-state index is 13.3. The van der Waals surface area contributed by atoms with Crippen LogP contribution in [0.3, 0.4) is 0 Å². The highest BCUT2D eigenvalue weighted by molar-refractivity contribution is 6.02. The van der Waals surface area contributed by atoms with Crippen molar-refractivity contribution in [3.8, 4) is 5.75 Å². The van der Waals surface area contributed by atoms with E-state index in [1.54, 1.807) is 7.11 Å². The first kappa shape index (κ1) is 19.2. The first-order valence-corrected chi connectivity index (χ1v) is 9.52. The normalized spacial score (nSPS) is 18.8. The minimum atomic E-state index is -0.705. The Bertz CT molecular complexity index is 793. The third-order valence-corrected chi connectivity index (χ3v) is 4.92. The van der Waals surface area contributed by atoms with E-state index in [1.807, 2.05) is 60.4 Å². The SMILES string of the molecule is CCCOc1ccccc1C1(C)Nc2ccccc2C(=O)N1CCCOC. The minimum Gasteiger partial charge on any atom is -0.493 e. The predicted molar refractivity (Wildman–Crippen MR) is 107 cm³/mol. The highest BCUT2D eigenvalue weighted by Crippen LogP contribution is 2.41. The molecule has 3 rings (SSSR count). The molecule has 0 saturated heterocycles. The van der Waals surface area contributed by atoms with Gasteiger partial charge in [-0.15, -0.1) is 0 Å². The smallest absolute Gasteiger partial charge is 0.258 e. The number of nitrogens with one attached hydrogen (secondary N) is 1. The number of carbonyl (C=O) groups is 1. The molecule has 2 aromatic rings. The van der Waals surface area contributed by atoms with Crippen molar-refractivity contribution >= 4 is 11.6 Å². The van der Waals surface area contributed by atoms with E-state index >= 15 is 0 Å². The molecular formula is C22H28N2O3. The molecule has 0 saturated carbocycles. The number of anilines is 1. The van der Waals surface area contributed by atoms with Gasteiger partial charge in [-0.3, -0.25) is 4.79 Å². The van der Waals surface area contributed by atoms with Crippen LogP contribution in [0.25, 0.3) is 0 Å². The molecule has 1 unspecified atom stereocenters. The number of hydrogen-bond donors (Lipinski definition) is 1. The maximum Gasteiger partial charge on any atom is 0.258 e. The standard InChI is InChI=1S/C22H28N2O3/c1-4-15-27-20-13-8-6-11-18(20)22(2)23-19-12-7-5-10-17(19)21(25)24(22)14-9-16-26-3/h5-8,10-13,23H,4,9,14-16H2,1-3H3. The van der Waals surface area contributed by atoms with E-state index < -0.39 is 5.66 Å². The third kappa shape index (κ3) is 3.78. The Labute approximate surface area is 161 Å². The molecule has 1 heterocycles. The number of para-hydroxylation sites is 2. The summed E-state index contributed by atoms with van der Waals surface area (Å²) in [5, 5.41) is 3.60. The van der Waals surface area contributed by atoms with Crippen molar-refractivity contribution in [1.82, 2.24) is 4.90 Å². The van der Waals surface area contributed by atoms with Crippen molar-refractivity contribution in [2.24, 2.45) is 0 Å². The summed E-state index contributed by atoms with van der Waals surface area (Å²) in [7, 11) is 1.68. The molecule has 1 amide bonds. The molecule has 1 aliphatic heterocycles. The Morgan fingerprint density at radius 2 is 1.81 bits per heavy atom. The van der Waals surface area contributed by atoms with E-state index in [4.69, 9.17) is 9.47 Å². The second-order valence-corrected chi connectivity index (χ2v) is 6.89.